The Bertz CT molecular complexity index is 895. The topological polar surface area (TPSA) is 63.1 Å². The molecular formula is C19H18ClN5O. The smallest absolute Gasteiger partial charge is 0.229 e. The van der Waals surface area contributed by atoms with Gasteiger partial charge in [-0.25, -0.2) is 0 Å². The van der Waals surface area contributed by atoms with Crippen LogP contribution in [0.4, 0.5) is 11.4 Å². The maximum Gasteiger partial charge on any atom is 0.229 e. The van der Waals surface area contributed by atoms with Crippen LogP contribution in [-0.4, -0.2) is 33.8 Å². The normalized spacial score (nSPS) is 16.7. The minimum absolute atomic E-state index is 0.0385. The summed E-state index contributed by atoms with van der Waals surface area (Å²) >= 11 is 6.27. The Balaban J connectivity index is 1.39. The molecule has 1 aliphatic rings. The summed E-state index contributed by atoms with van der Waals surface area (Å²) in [7, 11) is 0. The molecule has 2 heterocycles. The number of aromatic nitrogens is 3. The van der Waals surface area contributed by atoms with E-state index in [0.717, 1.165) is 35.1 Å². The van der Waals surface area contributed by atoms with Crippen LogP contribution in [0, 0.1) is 5.92 Å². The molecular weight excluding hydrogens is 350 g/mol. The fourth-order valence-corrected chi connectivity index (χ4v) is 3.45. The Morgan fingerprint density at radius 2 is 1.81 bits per heavy atom. The van der Waals surface area contributed by atoms with E-state index in [2.05, 4.69) is 20.4 Å². The second-order valence-electron chi connectivity index (χ2n) is 6.29. The van der Waals surface area contributed by atoms with E-state index >= 15 is 0 Å². The van der Waals surface area contributed by atoms with Crippen molar-refractivity contribution in [2.45, 2.75) is 6.42 Å². The van der Waals surface area contributed by atoms with Crippen LogP contribution >= 0.6 is 11.6 Å². The molecule has 0 radical (unpaired) electrons. The van der Waals surface area contributed by atoms with E-state index in [1.54, 1.807) is 12.7 Å². The Morgan fingerprint density at radius 1 is 1.08 bits per heavy atom. The minimum atomic E-state index is -0.0520. The number of nitrogens with zero attached hydrogens (tertiary/aromatic N) is 4. The highest BCUT2D eigenvalue weighted by Gasteiger charge is 2.29. The summed E-state index contributed by atoms with van der Waals surface area (Å²) in [6.45, 7) is 1.50. The van der Waals surface area contributed by atoms with Crippen LogP contribution in [0.15, 0.2) is 61.2 Å². The number of carbonyl (C=O) groups excluding carboxylic acids is 1. The lowest BCUT2D eigenvalue weighted by molar-refractivity contribution is -0.119. The third-order valence-corrected chi connectivity index (χ3v) is 4.92. The molecule has 0 unspecified atom stereocenters. The number of nitrogens with one attached hydrogen (secondary N) is 1. The number of para-hydroxylation sites is 1. The average molecular weight is 368 g/mol. The maximum atomic E-state index is 12.6. The number of amides is 1. The molecule has 1 aromatic heterocycles. The molecule has 4 rings (SSSR count). The molecule has 6 nitrogen and oxygen atoms in total. The van der Waals surface area contributed by atoms with E-state index in [0.29, 0.717) is 6.54 Å². The third kappa shape index (κ3) is 3.41. The SMILES string of the molecule is O=C(Nc1ccc(-n2cnnc2)cc1)[C@H]1CCN(c2ccccc2Cl)C1. The zero-order valence-electron chi connectivity index (χ0n) is 14.0. The number of halogens is 1. The second kappa shape index (κ2) is 7.17. The summed E-state index contributed by atoms with van der Waals surface area (Å²) in [5, 5.41) is 11.3. The van der Waals surface area contributed by atoms with E-state index in [4.69, 9.17) is 11.6 Å². The quantitative estimate of drug-likeness (QED) is 0.767. The van der Waals surface area contributed by atoms with Crippen molar-refractivity contribution in [3.63, 3.8) is 0 Å². The summed E-state index contributed by atoms with van der Waals surface area (Å²) in [4.78, 5) is 14.8. The predicted octanol–water partition coefficient (Wildman–Crippen LogP) is 3.39. The Morgan fingerprint density at radius 3 is 2.54 bits per heavy atom. The fraction of sp³-hybridized carbons (Fsp3) is 0.211. The first-order valence-electron chi connectivity index (χ1n) is 8.46. The van der Waals surface area contributed by atoms with Crippen LogP contribution in [0.25, 0.3) is 5.69 Å². The molecule has 1 aliphatic heterocycles. The van der Waals surface area contributed by atoms with Gasteiger partial charge in [0.05, 0.1) is 16.6 Å². The summed E-state index contributed by atoms with van der Waals surface area (Å²) in [5.74, 6) is -0.0135. The lowest BCUT2D eigenvalue weighted by Crippen LogP contribution is -2.27. The Kier molecular flexibility index (Phi) is 4.58. The molecule has 2 aromatic carbocycles. The van der Waals surface area contributed by atoms with Gasteiger partial charge in [-0.3, -0.25) is 9.36 Å². The van der Waals surface area contributed by atoms with Crippen molar-refractivity contribution >= 4 is 28.9 Å². The zero-order valence-corrected chi connectivity index (χ0v) is 14.8. The van der Waals surface area contributed by atoms with Gasteiger partial charge in [-0.1, -0.05) is 23.7 Å². The van der Waals surface area contributed by atoms with Crippen LogP contribution in [0.3, 0.4) is 0 Å². The number of hydrogen-bond acceptors (Lipinski definition) is 4. The van der Waals surface area contributed by atoms with Crippen molar-refractivity contribution in [3.8, 4) is 5.69 Å². The highest BCUT2D eigenvalue weighted by Crippen LogP contribution is 2.30. The van der Waals surface area contributed by atoms with Gasteiger partial charge in [-0.05, 0) is 42.8 Å². The van der Waals surface area contributed by atoms with Gasteiger partial charge in [0, 0.05) is 24.5 Å². The van der Waals surface area contributed by atoms with Crippen molar-refractivity contribution in [1.82, 2.24) is 14.8 Å². The molecule has 1 fully saturated rings. The maximum absolute atomic E-state index is 12.6. The van der Waals surface area contributed by atoms with Crippen LogP contribution in [0.1, 0.15) is 6.42 Å². The van der Waals surface area contributed by atoms with Gasteiger partial charge in [-0.2, -0.15) is 0 Å². The molecule has 0 bridgehead atoms. The Hall–Kier alpha value is -2.86. The van der Waals surface area contributed by atoms with E-state index in [1.807, 2.05) is 53.1 Å². The van der Waals surface area contributed by atoms with E-state index < -0.39 is 0 Å². The number of anilines is 2. The molecule has 0 saturated carbocycles. The second-order valence-corrected chi connectivity index (χ2v) is 6.70. The van der Waals surface area contributed by atoms with Gasteiger partial charge < -0.3 is 10.2 Å². The van der Waals surface area contributed by atoms with Gasteiger partial charge in [0.25, 0.3) is 0 Å². The molecule has 1 atom stereocenters. The summed E-state index contributed by atoms with van der Waals surface area (Å²) < 4.78 is 1.81. The molecule has 0 spiro atoms. The van der Waals surface area contributed by atoms with Gasteiger partial charge in [0.1, 0.15) is 12.7 Å². The number of benzene rings is 2. The first-order chi connectivity index (χ1) is 12.7. The summed E-state index contributed by atoms with van der Waals surface area (Å²) in [6.07, 6.45) is 4.08. The van der Waals surface area contributed by atoms with Crippen molar-refractivity contribution in [2.75, 3.05) is 23.3 Å². The first-order valence-corrected chi connectivity index (χ1v) is 8.84. The highest BCUT2D eigenvalue weighted by atomic mass is 35.5. The van der Waals surface area contributed by atoms with Crippen LogP contribution in [0.5, 0.6) is 0 Å². The zero-order chi connectivity index (χ0) is 17.9. The minimum Gasteiger partial charge on any atom is -0.370 e. The highest BCUT2D eigenvalue weighted by molar-refractivity contribution is 6.33. The summed E-state index contributed by atoms with van der Waals surface area (Å²) in [5.41, 5.74) is 2.71. The van der Waals surface area contributed by atoms with Crippen molar-refractivity contribution in [1.29, 1.82) is 0 Å². The number of hydrogen-bond donors (Lipinski definition) is 1. The van der Waals surface area contributed by atoms with E-state index in [9.17, 15) is 4.79 Å². The molecule has 3 aromatic rings. The summed E-state index contributed by atoms with van der Waals surface area (Å²) in [6, 6.07) is 15.4. The van der Waals surface area contributed by atoms with Gasteiger partial charge in [0.2, 0.25) is 5.91 Å². The lowest BCUT2D eigenvalue weighted by Gasteiger charge is -2.19. The average Bonchev–Trinajstić information content (AvgIpc) is 3.35. The fourth-order valence-electron chi connectivity index (χ4n) is 3.20. The van der Waals surface area contributed by atoms with Crippen LogP contribution in [0.2, 0.25) is 5.02 Å². The van der Waals surface area contributed by atoms with Gasteiger partial charge in [0.15, 0.2) is 0 Å². The lowest BCUT2D eigenvalue weighted by atomic mass is 10.1. The molecule has 1 N–H and O–H groups in total. The molecule has 26 heavy (non-hydrogen) atoms. The molecule has 132 valence electrons. The molecule has 7 heteroatoms. The van der Waals surface area contributed by atoms with E-state index in [-0.39, 0.29) is 11.8 Å². The number of carbonyl (C=O) groups is 1. The van der Waals surface area contributed by atoms with Crippen molar-refractivity contribution < 1.29 is 4.79 Å². The molecule has 1 amide bonds. The van der Waals surface area contributed by atoms with Gasteiger partial charge >= 0.3 is 0 Å². The van der Waals surface area contributed by atoms with Crippen molar-refractivity contribution in [3.05, 3.63) is 66.2 Å². The molecule has 0 aliphatic carbocycles. The monoisotopic (exact) mass is 367 g/mol. The molecule has 1 saturated heterocycles. The largest absolute Gasteiger partial charge is 0.370 e. The van der Waals surface area contributed by atoms with Crippen LogP contribution in [-0.2, 0) is 4.79 Å². The number of rotatable bonds is 4. The van der Waals surface area contributed by atoms with E-state index in [1.165, 1.54) is 0 Å². The van der Waals surface area contributed by atoms with Crippen molar-refractivity contribution in [2.24, 2.45) is 5.92 Å². The Labute approximate surface area is 156 Å². The standard InChI is InChI=1S/C19H18ClN5O/c20-17-3-1-2-4-18(17)24-10-9-14(11-24)19(26)23-15-5-7-16(8-6-15)25-12-21-22-13-25/h1-8,12-14H,9-11H2,(H,23,26)/t14-/m0/s1. The van der Waals surface area contributed by atoms with Crippen LogP contribution < -0.4 is 10.2 Å². The predicted molar refractivity (Wildman–Crippen MR) is 102 cm³/mol. The van der Waals surface area contributed by atoms with Gasteiger partial charge in [-0.15, -0.1) is 10.2 Å². The first kappa shape index (κ1) is 16.6. The third-order valence-electron chi connectivity index (χ3n) is 4.60.